The minimum atomic E-state index is 1.11. The quantitative estimate of drug-likeness (QED) is 0.506. The average molecular weight is 178 g/mol. The van der Waals surface area contributed by atoms with Gasteiger partial charge in [-0.1, -0.05) is 55.2 Å². The standard InChI is InChI=1S/C10H14.C3H8/c1-8-4-5-9(2)7-10(3)6-8;1-3-2/h4,6-7H,5H2,1-3H3;3H2,1-2H3. The highest BCUT2D eigenvalue weighted by Crippen LogP contribution is 2.14. The fourth-order valence-electron chi connectivity index (χ4n) is 1.23. The van der Waals surface area contributed by atoms with Crippen LogP contribution in [0.25, 0.3) is 0 Å². The number of hydrogen-bond acceptors (Lipinski definition) is 0. The third kappa shape index (κ3) is 6.39. The first kappa shape index (κ1) is 12.2. The Morgan fingerprint density at radius 2 is 1.54 bits per heavy atom. The van der Waals surface area contributed by atoms with E-state index in [1.54, 1.807) is 0 Å². The van der Waals surface area contributed by atoms with Gasteiger partial charge in [-0.2, -0.15) is 0 Å². The average Bonchev–Trinajstić information content (AvgIpc) is 2.14. The van der Waals surface area contributed by atoms with Crippen molar-refractivity contribution in [2.75, 3.05) is 0 Å². The van der Waals surface area contributed by atoms with Crippen LogP contribution in [0.15, 0.2) is 34.9 Å². The molecule has 13 heavy (non-hydrogen) atoms. The minimum absolute atomic E-state index is 1.11. The van der Waals surface area contributed by atoms with Crippen molar-refractivity contribution in [2.45, 2.75) is 47.5 Å². The predicted molar refractivity (Wildman–Crippen MR) is 61.9 cm³/mol. The van der Waals surface area contributed by atoms with Gasteiger partial charge in [-0.05, 0) is 27.2 Å². The highest BCUT2D eigenvalue weighted by Gasteiger charge is 1.94. The summed E-state index contributed by atoms with van der Waals surface area (Å²) in [5.41, 5.74) is 4.19. The second-order valence-corrected chi connectivity index (χ2v) is 3.74. The van der Waals surface area contributed by atoms with Gasteiger partial charge in [0.1, 0.15) is 0 Å². The normalized spacial score (nSPS) is 15.9. The van der Waals surface area contributed by atoms with Gasteiger partial charge in [-0.3, -0.25) is 0 Å². The first-order valence-electron chi connectivity index (χ1n) is 5.12. The number of rotatable bonds is 0. The largest absolute Gasteiger partial charge is 0.0775 e. The summed E-state index contributed by atoms with van der Waals surface area (Å²) >= 11 is 0. The summed E-state index contributed by atoms with van der Waals surface area (Å²) in [4.78, 5) is 0. The maximum atomic E-state index is 2.27. The molecule has 0 heteroatoms. The maximum Gasteiger partial charge on any atom is -0.0133 e. The van der Waals surface area contributed by atoms with Crippen molar-refractivity contribution >= 4 is 0 Å². The topological polar surface area (TPSA) is 0 Å². The van der Waals surface area contributed by atoms with E-state index in [2.05, 4.69) is 52.8 Å². The van der Waals surface area contributed by atoms with Gasteiger partial charge in [-0.25, -0.2) is 0 Å². The van der Waals surface area contributed by atoms with Crippen molar-refractivity contribution < 1.29 is 0 Å². The molecule has 0 saturated carbocycles. The van der Waals surface area contributed by atoms with Crippen LogP contribution in [-0.2, 0) is 0 Å². The van der Waals surface area contributed by atoms with Crippen molar-refractivity contribution in [1.82, 2.24) is 0 Å². The van der Waals surface area contributed by atoms with Gasteiger partial charge >= 0.3 is 0 Å². The molecule has 0 radical (unpaired) electrons. The summed E-state index contributed by atoms with van der Waals surface area (Å²) in [5, 5.41) is 0. The highest BCUT2D eigenvalue weighted by atomic mass is 14.0. The molecule has 0 amide bonds. The predicted octanol–water partition coefficient (Wildman–Crippen LogP) is 4.65. The molecule has 0 heterocycles. The fourth-order valence-corrected chi connectivity index (χ4v) is 1.23. The molecule has 0 saturated heterocycles. The SMILES string of the molecule is CC1=CCC(C)=CC(C)=C1.CCC. The second kappa shape index (κ2) is 6.71. The number of hydrogen-bond donors (Lipinski definition) is 0. The Kier molecular flexibility index (Phi) is 6.30. The van der Waals surface area contributed by atoms with Gasteiger partial charge in [0.05, 0.1) is 0 Å². The highest BCUT2D eigenvalue weighted by molar-refractivity contribution is 5.33. The molecule has 0 unspecified atom stereocenters. The first-order chi connectivity index (χ1) is 6.10. The van der Waals surface area contributed by atoms with Crippen molar-refractivity contribution in [3.8, 4) is 0 Å². The van der Waals surface area contributed by atoms with E-state index < -0.39 is 0 Å². The Hall–Kier alpha value is -0.780. The minimum Gasteiger partial charge on any atom is -0.0775 e. The van der Waals surface area contributed by atoms with Crippen LogP contribution in [0.1, 0.15) is 47.5 Å². The molecular weight excluding hydrogens is 156 g/mol. The summed E-state index contributed by atoms with van der Waals surface area (Å²) < 4.78 is 0. The zero-order valence-electron chi connectivity index (χ0n) is 9.65. The summed E-state index contributed by atoms with van der Waals surface area (Å²) in [6, 6.07) is 0. The molecule has 0 aromatic carbocycles. The molecule has 1 rings (SSSR count). The lowest BCUT2D eigenvalue weighted by Gasteiger charge is -1.91. The van der Waals surface area contributed by atoms with Gasteiger partial charge in [0, 0.05) is 0 Å². The van der Waals surface area contributed by atoms with E-state index in [0.29, 0.717) is 0 Å². The molecule has 0 bridgehead atoms. The van der Waals surface area contributed by atoms with E-state index in [1.807, 2.05) is 0 Å². The first-order valence-corrected chi connectivity index (χ1v) is 5.12. The molecular formula is C13H22. The summed E-state index contributed by atoms with van der Waals surface area (Å²) in [5.74, 6) is 0. The molecule has 0 atom stereocenters. The molecule has 1 aliphatic rings. The molecule has 0 aliphatic heterocycles. The van der Waals surface area contributed by atoms with E-state index in [1.165, 1.54) is 23.1 Å². The van der Waals surface area contributed by atoms with E-state index in [-0.39, 0.29) is 0 Å². The Labute approximate surface area is 83.0 Å². The van der Waals surface area contributed by atoms with Crippen LogP contribution in [0.4, 0.5) is 0 Å². The van der Waals surface area contributed by atoms with Gasteiger partial charge in [0.25, 0.3) is 0 Å². The Bertz CT molecular complexity index is 226. The molecule has 0 aromatic heterocycles. The van der Waals surface area contributed by atoms with Gasteiger partial charge < -0.3 is 0 Å². The smallest absolute Gasteiger partial charge is 0.0133 e. The van der Waals surface area contributed by atoms with Gasteiger partial charge in [0.15, 0.2) is 0 Å². The van der Waals surface area contributed by atoms with Gasteiger partial charge in [-0.15, -0.1) is 0 Å². The van der Waals surface area contributed by atoms with Gasteiger partial charge in [0.2, 0.25) is 0 Å². The van der Waals surface area contributed by atoms with Crippen LogP contribution < -0.4 is 0 Å². The van der Waals surface area contributed by atoms with Crippen LogP contribution in [0, 0.1) is 0 Å². The molecule has 74 valence electrons. The number of allylic oxidation sites excluding steroid dienone is 6. The van der Waals surface area contributed by atoms with E-state index >= 15 is 0 Å². The maximum absolute atomic E-state index is 2.27. The van der Waals surface area contributed by atoms with Crippen molar-refractivity contribution in [1.29, 1.82) is 0 Å². The van der Waals surface area contributed by atoms with E-state index in [9.17, 15) is 0 Å². The molecule has 0 N–H and O–H groups in total. The molecule has 1 aliphatic carbocycles. The van der Waals surface area contributed by atoms with Crippen LogP contribution >= 0.6 is 0 Å². The lowest BCUT2D eigenvalue weighted by atomic mass is 10.2. The third-order valence-corrected chi connectivity index (χ3v) is 1.68. The molecule has 0 fully saturated rings. The van der Waals surface area contributed by atoms with E-state index in [4.69, 9.17) is 0 Å². The van der Waals surface area contributed by atoms with Crippen LogP contribution in [0.3, 0.4) is 0 Å². The summed E-state index contributed by atoms with van der Waals surface area (Å²) in [7, 11) is 0. The molecule has 0 spiro atoms. The fraction of sp³-hybridized carbons (Fsp3) is 0.538. The Balaban J connectivity index is 0.000000424. The van der Waals surface area contributed by atoms with E-state index in [0.717, 1.165) is 6.42 Å². The zero-order chi connectivity index (χ0) is 10.3. The lowest BCUT2D eigenvalue weighted by Crippen LogP contribution is -1.70. The zero-order valence-corrected chi connectivity index (χ0v) is 9.65. The Morgan fingerprint density at radius 3 is 2.08 bits per heavy atom. The van der Waals surface area contributed by atoms with Crippen molar-refractivity contribution in [3.63, 3.8) is 0 Å². The van der Waals surface area contributed by atoms with Crippen LogP contribution in [0.5, 0.6) is 0 Å². The summed E-state index contributed by atoms with van der Waals surface area (Å²) in [6.45, 7) is 10.7. The van der Waals surface area contributed by atoms with Crippen LogP contribution in [-0.4, -0.2) is 0 Å². The lowest BCUT2D eigenvalue weighted by molar-refractivity contribution is 1.09. The van der Waals surface area contributed by atoms with Crippen LogP contribution in [0.2, 0.25) is 0 Å². The monoisotopic (exact) mass is 178 g/mol. The third-order valence-electron chi connectivity index (χ3n) is 1.68. The van der Waals surface area contributed by atoms with Crippen molar-refractivity contribution in [2.24, 2.45) is 0 Å². The molecule has 0 nitrogen and oxygen atoms in total. The molecule has 0 aromatic rings. The second-order valence-electron chi connectivity index (χ2n) is 3.74. The Morgan fingerprint density at radius 1 is 1.00 bits per heavy atom. The van der Waals surface area contributed by atoms with Crippen molar-refractivity contribution in [3.05, 3.63) is 34.9 Å². The summed E-state index contributed by atoms with van der Waals surface area (Å²) in [6.07, 6.45) is 9.09.